The molecule has 70 valence electrons. The van der Waals surface area contributed by atoms with E-state index < -0.39 is 0 Å². The molecule has 3 rings (SSSR count). The number of hydrogen-bond acceptors (Lipinski definition) is 2. The first-order chi connectivity index (χ1) is 6.20. The molecule has 0 aromatic carbocycles. The van der Waals surface area contributed by atoms with Gasteiger partial charge in [-0.3, -0.25) is 0 Å². The van der Waals surface area contributed by atoms with Crippen LogP contribution in [-0.2, 0) is 13.0 Å². The predicted molar refractivity (Wildman–Crippen MR) is 49.5 cm³/mol. The molecule has 2 heterocycles. The van der Waals surface area contributed by atoms with Crippen LogP contribution >= 0.6 is 0 Å². The standard InChI is InChI=1S/C10H15N3/c1-7(2)9-12-11-8-5-10(3-4-10)6-13(8)9/h7H,3-6H2,1-2H3. The van der Waals surface area contributed by atoms with E-state index in [9.17, 15) is 0 Å². The van der Waals surface area contributed by atoms with Crippen molar-refractivity contribution in [2.24, 2.45) is 5.41 Å². The summed E-state index contributed by atoms with van der Waals surface area (Å²) in [7, 11) is 0. The Balaban J connectivity index is 2.01. The molecule has 2 aliphatic rings. The van der Waals surface area contributed by atoms with Gasteiger partial charge in [0.1, 0.15) is 11.6 Å². The molecular weight excluding hydrogens is 162 g/mol. The molecule has 1 aromatic heterocycles. The normalized spacial score (nSPS) is 22.7. The maximum Gasteiger partial charge on any atom is 0.135 e. The lowest BCUT2D eigenvalue weighted by molar-refractivity contribution is 0.476. The van der Waals surface area contributed by atoms with Crippen LogP contribution in [0.15, 0.2) is 0 Å². The van der Waals surface area contributed by atoms with E-state index in [-0.39, 0.29) is 0 Å². The summed E-state index contributed by atoms with van der Waals surface area (Å²) < 4.78 is 2.34. The lowest BCUT2D eigenvalue weighted by Gasteiger charge is -2.07. The van der Waals surface area contributed by atoms with Crippen LogP contribution in [-0.4, -0.2) is 14.8 Å². The Hall–Kier alpha value is -0.860. The van der Waals surface area contributed by atoms with Gasteiger partial charge in [0.15, 0.2) is 0 Å². The van der Waals surface area contributed by atoms with Gasteiger partial charge in [0, 0.05) is 18.9 Å². The molecule has 3 nitrogen and oxygen atoms in total. The second kappa shape index (κ2) is 2.14. The van der Waals surface area contributed by atoms with E-state index in [2.05, 4.69) is 28.6 Å². The maximum absolute atomic E-state index is 4.27. The minimum atomic E-state index is 0.509. The minimum Gasteiger partial charge on any atom is -0.314 e. The number of nitrogens with zero attached hydrogens (tertiary/aromatic N) is 3. The molecule has 1 aromatic rings. The Morgan fingerprint density at radius 2 is 2.08 bits per heavy atom. The second-order valence-corrected chi connectivity index (χ2v) is 4.89. The van der Waals surface area contributed by atoms with E-state index in [1.807, 2.05) is 0 Å². The van der Waals surface area contributed by atoms with Crippen LogP contribution < -0.4 is 0 Å². The van der Waals surface area contributed by atoms with Gasteiger partial charge in [-0.05, 0) is 18.3 Å². The average Bonchev–Trinajstić information content (AvgIpc) is 2.49. The lowest BCUT2D eigenvalue weighted by atomic mass is 10.1. The van der Waals surface area contributed by atoms with Gasteiger partial charge in [0.05, 0.1) is 0 Å². The van der Waals surface area contributed by atoms with Gasteiger partial charge in [-0.15, -0.1) is 10.2 Å². The fraction of sp³-hybridized carbons (Fsp3) is 0.800. The van der Waals surface area contributed by atoms with Gasteiger partial charge in [-0.25, -0.2) is 0 Å². The molecule has 1 saturated carbocycles. The van der Waals surface area contributed by atoms with Crippen molar-refractivity contribution in [3.05, 3.63) is 11.6 Å². The molecule has 0 N–H and O–H groups in total. The molecule has 3 heteroatoms. The van der Waals surface area contributed by atoms with Crippen molar-refractivity contribution in [2.45, 2.75) is 45.6 Å². The average molecular weight is 177 g/mol. The summed E-state index contributed by atoms with van der Waals surface area (Å²) in [6.45, 7) is 5.56. The van der Waals surface area contributed by atoms with Crippen LogP contribution in [0.3, 0.4) is 0 Å². The molecule has 13 heavy (non-hydrogen) atoms. The van der Waals surface area contributed by atoms with Gasteiger partial charge in [-0.2, -0.15) is 0 Å². The first-order valence-electron chi connectivity index (χ1n) is 5.12. The van der Waals surface area contributed by atoms with E-state index in [0.717, 1.165) is 0 Å². The van der Waals surface area contributed by atoms with E-state index in [1.54, 1.807) is 0 Å². The van der Waals surface area contributed by atoms with Crippen molar-refractivity contribution in [3.63, 3.8) is 0 Å². The SMILES string of the molecule is CC(C)c1nnc2n1CC1(CC1)C2. The summed E-state index contributed by atoms with van der Waals surface area (Å²) in [5.74, 6) is 2.91. The number of rotatable bonds is 1. The predicted octanol–water partition coefficient (Wildman–Crippen LogP) is 1.74. The largest absolute Gasteiger partial charge is 0.314 e. The summed E-state index contributed by atoms with van der Waals surface area (Å²) in [5.41, 5.74) is 0.620. The highest BCUT2D eigenvalue weighted by Crippen LogP contribution is 2.53. The molecule has 1 aliphatic heterocycles. The fourth-order valence-electron chi connectivity index (χ4n) is 2.32. The Morgan fingerprint density at radius 1 is 1.31 bits per heavy atom. The van der Waals surface area contributed by atoms with Crippen molar-refractivity contribution in [1.29, 1.82) is 0 Å². The first kappa shape index (κ1) is 7.54. The fourth-order valence-corrected chi connectivity index (χ4v) is 2.32. The molecule has 0 radical (unpaired) electrons. The van der Waals surface area contributed by atoms with E-state index in [0.29, 0.717) is 11.3 Å². The van der Waals surface area contributed by atoms with E-state index >= 15 is 0 Å². The molecular formula is C10H15N3. The number of hydrogen-bond donors (Lipinski definition) is 0. The molecule has 0 saturated heterocycles. The maximum atomic E-state index is 4.27. The third-order valence-corrected chi connectivity index (χ3v) is 3.36. The van der Waals surface area contributed by atoms with Gasteiger partial charge in [0.25, 0.3) is 0 Å². The van der Waals surface area contributed by atoms with Crippen LogP contribution in [0.2, 0.25) is 0 Å². The van der Waals surface area contributed by atoms with Crippen molar-refractivity contribution in [2.75, 3.05) is 0 Å². The Morgan fingerprint density at radius 3 is 2.69 bits per heavy atom. The van der Waals surface area contributed by atoms with Crippen LogP contribution in [0.1, 0.15) is 44.3 Å². The number of fused-ring (bicyclic) bond motifs is 1. The van der Waals surface area contributed by atoms with Crippen molar-refractivity contribution < 1.29 is 0 Å². The number of aromatic nitrogens is 3. The van der Waals surface area contributed by atoms with Gasteiger partial charge in [-0.1, -0.05) is 13.8 Å². The topological polar surface area (TPSA) is 30.7 Å². The Bertz CT molecular complexity index is 347. The Kier molecular flexibility index (Phi) is 1.24. The highest BCUT2D eigenvalue weighted by atomic mass is 15.3. The van der Waals surface area contributed by atoms with Gasteiger partial charge in [0.2, 0.25) is 0 Å². The molecule has 0 atom stereocenters. The highest BCUT2D eigenvalue weighted by Gasteiger charge is 2.49. The third kappa shape index (κ3) is 0.960. The summed E-state index contributed by atoms with van der Waals surface area (Å²) in [4.78, 5) is 0. The second-order valence-electron chi connectivity index (χ2n) is 4.89. The van der Waals surface area contributed by atoms with Crippen molar-refractivity contribution in [1.82, 2.24) is 14.8 Å². The zero-order chi connectivity index (χ0) is 9.05. The monoisotopic (exact) mass is 177 g/mol. The summed E-state index contributed by atoms with van der Waals surface area (Å²) in [5, 5.41) is 8.51. The van der Waals surface area contributed by atoms with E-state index in [1.165, 1.54) is 37.5 Å². The van der Waals surface area contributed by atoms with Crippen molar-refractivity contribution >= 4 is 0 Å². The molecule has 1 fully saturated rings. The zero-order valence-corrected chi connectivity index (χ0v) is 8.25. The Labute approximate surface area is 78.2 Å². The summed E-state index contributed by atoms with van der Waals surface area (Å²) >= 11 is 0. The molecule has 0 bridgehead atoms. The lowest BCUT2D eigenvalue weighted by Crippen LogP contribution is -2.07. The van der Waals surface area contributed by atoms with Crippen LogP contribution in [0.25, 0.3) is 0 Å². The molecule has 0 amide bonds. The summed E-state index contributed by atoms with van der Waals surface area (Å²) in [6.07, 6.45) is 3.97. The zero-order valence-electron chi connectivity index (χ0n) is 8.25. The first-order valence-corrected chi connectivity index (χ1v) is 5.12. The smallest absolute Gasteiger partial charge is 0.135 e. The van der Waals surface area contributed by atoms with Gasteiger partial charge < -0.3 is 4.57 Å². The molecule has 1 aliphatic carbocycles. The van der Waals surface area contributed by atoms with Crippen LogP contribution in [0.5, 0.6) is 0 Å². The minimum absolute atomic E-state index is 0.509. The van der Waals surface area contributed by atoms with Crippen LogP contribution in [0, 0.1) is 5.41 Å². The van der Waals surface area contributed by atoms with Crippen LogP contribution in [0.4, 0.5) is 0 Å². The molecule has 0 unspecified atom stereocenters. The quantitative estimate of drug-likeness (QED) is 0.654. The third-order valence-electron chi connectivity index (χ3n) is 3.36. The summed E-state index contributed by atoms with van der Waals surface area (Å²) in [6, 6.07) is 0. The molecule has 1 spiro atoms. The van der Waals surface area contributed by atoms with Crippen molar-refractivity contribution in [3.8, 4) is 0 Å². The van der Waals surface area contributed by atoms with E-state index in [4.69, 9.17) is 0 Å². The van der Waals surface area contributed by atoms with Gasteiger partial charge >= 0.3 is 0 Å². The highest BCUT2D eigenvalue weighted by molar-refractivity contribution is 5.13.